The van der Waals surface area contributed by atoms with Gasteiger partial charge in [-0.05, 0) is 37.5 Å². The van der Waals surface area contributed by atoms with Crippen molar-refractivity contribution in [2.75, 3.05) is 0 Å². The summed E-state index contributed by atoms with van der Waals surface area (Å²) >= 11 is 0. The van der Waals surface area contributed by atoms with Crippen molar-refractivity contribution in [1.82, 2.24) is 10.6 Å². The van der Waals surface area contributed by atoms with Gasteiger partial charge in [0.1, 0.15) is 5.82 Å². The molecule has 0 spiro atoms. The number of rotatable bonds is 5. The molecule has 0 aliphatic heterocycles. The van der Waals surface area contributed by atoms with Crippen molar-refractivity contribution >= 4 is 17.9 Å². The average molecular weight is 350 g/mol. The monoisotopic (exact) mass is 350 g/mol. The Labute approximate surface area is 146 Å². The zero-order valence-electron chi connectivity index (χ0n) is 14.2. The van der Waals surface area contributed by atoms with Crippen molar-refractivity contribution in [3.63, 3.8) is 0 Å². The molecule has 1 aliphatic rings. The Morgan fingerprint density at radius 1 is 1.24 bits per heavy atom. The van der Waals surface area contributed by atoms with Crippen LogP contribution in [0.3, 0.4) is 0 Å². The number of hydrogen-bond donors (Lipinski definition) is 2. The van der Waals surface area contributed by atoms with E-state index in [0.29, 0.717) is 5.56 Å². The summed E-state index contributed by atoms with van der Waals surface area (Å²) in [6.45, 7) is 1.38. The average Bonchev–Trinajstić information content (AvgIpc) is 2.55. The van der Waals surface area contributed by atoms with Crippen molar-refractivity contribution in [2.24, 2.45) is 0 Å². The van der Waals surface area contributed by atoms with Gasteiger partial charge in [-0.2, -0.15) is 0 Å². The van der Waals surface area contributed by atoms with Crippen LogP contribution >= 0.6 is 0 Å². The number of amides is 3. The Kier molecular flexibility index (Phi) is 6.91. The van der Waals surface area contributed by atoms with Crippen LogP contribution in [0.1, 0.15) is 44.6 Å². The van der Waals surface area contributed by atoms with Gasteiger partial charge in [0.2, 0.25) is 0 Å². The van der Waals surface area contributed by atoms with Crippen molar-refractivity contribution < 1.29 is 23.5 Å². The summed E-state index contributed by atoms with van der Waals surface area (Å²) in [6.07, 6.45) is 3.83. The summed E-state index contributed by atoms with van der Waals surface area (Å²) in [5, 5.41) is 4.93. The van der Waals surface area contributed by atoms with Crippen LogP contribution < -0.4 is 10.6 Å². The fourth-order valence-electron chi connectivity index (χ4n) is 2.79. The lowest BCUT2D eigenvalue weighted by Crippen LogP contribution is -2.48. The van der Waals surface area contributed by atoms with Crippen molar-refractivity contribution in [2.45, 2.75) is 57.6 Å². The zero-order chi connectivity index (χ0) is 18.2. The summed E-state index contributed by atoms with van der Waals surface area (Å²) in [7, 11) is 0. The van der Waals surface area contributed by atoms with Crippen LogP contribution in [0.15, 0.2) is 24.3 Å². The van der Waals surface area contributed by atoms with E-state index in [-0.39, 0.29) is 12.5 Å². The number of urea groups is 1. The summed E-state index contributed by atoms with van der Waals surface area (Å²) in [5.74, 6) is -1.81. The maximum atomic E-state index is 13.1. The minimum atomic E-state index is -1.11. The summed E-state index contributed by atoms with van der Waals surface area (Å²) in [6, 6.07) is 5.08. The topological polar surface area (TPSA) is 84.5 Å². The van der Waals surface area contributed by atoms with Gasteiger partial charge >= 0.3 is 12.0 Å². The van der Waals surface area contributed by atoms with E-state index in [4.69, 9.17) is 4.74 Å². The first-order valence-corrected chi connectivity index (χ1v) is 8.49. The third-order valence-corrected chi connectivity index (χ3v) is 4.09. The molecule has 7 heteroatoms. The highest BCUT2D eigenvalue weighted by molar-refractivity contribution is 5.97. The van der Waals surface area contributed by atoms with Gasteiger partial charge in [0.25, 0.3) is 5.91 Å². The molecule has 0 bridgehead atoms. The van der Waals surface area contributed by atoms with Gasteiger partial charge < -0.3 is 10.1 Å². The molecule has 0 heterocycles. The molecular weight excluding hydrogens is 327 g/mol. The van der Waals surface area contributed by atoms with Gasteiger partial charge in [0, 0.05) is 6.04 Å². The predicted octanol–water partition coefficient (Wildman–Crippen LogP) is 2.46. The van der Waals surface area contributed by atoms with E-state index in [1.165, 1.54) is 25.1 Å². The van der Waals surface area contributed by atoms with E-state index < -0.39 is 29.8 Å². The maximum Gasteiger partial charge on any atom is 0.321 e. The number of ether oxygens (including phenoxy) is 1. The Balaban J connectivity index is 1.75. The molecule has 6 nitrogen and oxygen atoms in total. The molecule has 136 valence electrons. The normalized spacial score (nSPS) is 15.9. The van der Waals surface area contributed by atoms with Gasteiger partial charge in [-0.1, -0.05) is 31.4 Å². The highest BCUT2D eigenvalue weighted by Gasteiger charge is 2.22. The second kappa shape index (κ2) is 9.15. The quantitative estimate of drug-likeness (QED) is 0.799. The third-order valence-electron chi connectivity index (χ3n) is 4.09. The van der Waals surface area contributed by atoms with E-state index in [9.17, 15) is 18.8 Å². The molecule has 1 aromatic rings. The number of halogens is 1. The van der Waals surface area contributed by atoms with Crippen LogP contribution in [0.5, 0.6) is 0 Å². The minimum absolute atomic E-state index is 0.0763. The molecule has 0 saturated heterocycles. The van der Waals surface area contributed by atoms with Crippen LogP contribution in [0.2, 0.25) is 0 Å². The number of carbonyl (C=O) groups excluding carboxylic acids is 3. The Hall–Kier alpha value is -2.44. The molecule has 1 aliphatic carbocycles. The van der Waals surface area contributed by atoms with Crippen molar-refractivity contribution in [3.8, 4) is 0 Å². The predicted molar refractivity (Wildman–Crippen MR) is 89.2 cm³/mol. The highest BCUT2D eigenvalue weighted by Crippen LogP contribution is 2.17. The highest BCUT2D eigenvalue weighted by atomic mass is 19.1. The molecule has 3 amide bonds. The second-order valence-electron chi connectivity index (χ2n) is 6.24. The lowest BCUT2D eigenvalue weighted by atomic mass is 9.96. The van der Waals surface area contributed by atoms with Gasteiger partial charge in [-0.3, -0.25) is 14.9 Å². The standard InChI is InChI=1S/C18H23FN2O4/c1-12(25-16(22)11-13-6-5-7-14(19)10-13)17(23)21-18(24)20-15-8-3-2-4-9-15/h5-7,10,12,15H,2-4,8-9,11H2,1H3,(H2,20,21,23,24)/t12-/m0/s1. The van der Waals surface area contributed by atoms with Crippen LogP contribution in [-0.2, 0) is 20.7 Å². The first kappa shape index (κ1) is 18.9. The van der Waals surface area contributed by atoms with E-state index in [1.54, 1.807) is 6.07 Å². The van der Waals surface area contributed by atoms with Crippen LogP contribution in [-0.4, -0.2) is 30.1 Å². The fraction of sp³-hybridized carbons (Fsp3) is 0.500. The molecule has 0 radical (unpaired) electrons. The number of carbonyl (C=O) groups is 3. The van der Waals surface area contributed by atoms with Gasteiger partial charge in [0.05, 0.1) is 6.42 Å². The van der Waals surface area contributed by atoms with E-state index in [0.717, 1.165) is 32.1 Å². The molecule has 2 rings (SSSR count). The Bertz CT molecular complexity index is 629. The summed E-state index contributed by atoms with van der Waals surface area (Å²) in [5.41, 5.74) is 0.452. The van der Waals surface area contributed by atoms with Crippen molar-refractivity contribution in [1.29, 1.82) is 0 Å². The van der Waals surface area contributed by atoms with E-state index >= 15 is 0 Å². The number of esters is 1. The molecule has 1 fully saturated rings. The number of hydrogen-bond acceptors (Lipinski definition) is 4. The minimum Gasteiger partial charge on any atom is -0.452 e. The summed E-state index contributed by atoms with van der Waals surface area (Å²) in [4.78, 5) is 35.6. The first-order valence-electron chi connectivity index (χ1n) is 8.49. The fourth-order valence-corrected chi connectivity index (χ4v) is 2.79. The molecule has 0 aromatic heterocycles. The van der Waals surface area contributed by atoms with Gasteiger partial charge in [-0.25, -0.2) is 9.18 Å². The number of imide groups is 1. The molecule has 25 heavy (non-hydrogen) atoms. The lowest BCUT2D eigenvalue weighted by molar-refractivity contribution is -0.153. The Morgan fingerprint density at radius 2 is 1.96 bits per heavy atom. The van der Waals surface area contributed by atoms with Crippen LogP contribution in [0.4, 0.5) is 9.18 Å². The maximum absolute atomic E-state index is 13.1. The second-order valence-corrected chi connectivity index (χ2v) is 6.24. The van der Waals surface area contributed by atoms with E-state index in [2.05, 4.69) is 10.6 Å². The molecule has 2 N–H and O–H groups in total. The van der Waals surface area contributed by atoms with Gasteiger partial charge in [-0.15, -0.1) is 0 Å². The lowest BCUT2D eigenvalue weighted by Gasteiger charge is -2.23. The summed E-state index contributed by atoms with van der Waals surface area (Å²) < 4.78 is 18.1. The van der Waals surface area contributed by atoms with Crippen LogP contribution in [0.25, 0.3) is 0 Å². The molecular formula is C18H23FN2O4. The van der Waals surface area contributed by atoms with Gasteiger partial charge in [0.15, 0.2) is 6.10 Å². The molecule has 1 aromatic carbocycles. The molecule has 0 unspecified atom stereocenters. The molecule has 1 atom stereocenters. The third kappa shape index (κ3) is 6.52. The zero-order valence-corrected chi connectivity index (χ0v) is 14.2. The largest absolute Gasteiger partial charge is 0.452 e. The number of nitrogens with one attached hydrogen (secondary N) is 2. The molecule has 1 saturated carbocycles. The van der Waals surface area contributed by atoms with Crippen molar-refractivity contribution in [3.05, 3.63) is 35.6 Å². The number of benzene rings is 1. The van der Waals surface area contributed by atoms with Crippen LogP contribution in [0, 0.1) is 5.82 Å². The SMILES string of the molecule is C[C@H](OC(=O)Cc1cccc(F)c1)C(=O)NC(=O)NC1CCCCC1. The smallest absolute Gasteiger partial charge is 0.321 e. The van der Waals surface area contributed by atoms with E-state index in [1.807, 2.05) is 0 Å². The Morgan fingerprint density at radius 3 is 2.64 bits per heavy atom. The first-order chi connectivity index (χ1) is 11.9.